The van der Waals surface area contributed by atoms with Gasteiger partial charge in [0.25, 0.3) is 0 Å². The second kappa shape index (κ2) is 8.15. The number of hydrogen-bond acceptors (Lipinski definition) is 5. The number of hydrogen-bond donors (Lipinski definition) is 1. The Bertz CT molecular complexity index is 827. The molecule has 2 heterocycles. The molecule has 142 valence electrons. The van der Waals surface area contributed by atoms with Crippen LogP contribution in [-0.4, -0.2) is 49.8 Å². The van der Waals surface area contributed by atoms with Crippen molar-refractivity contribution in [2.24, 2.45) is 5.92 Å². The fraction of sp³-hybridized carbons (Fsp3) is 0.471. The highest BCUT2D eigenvalue weighted by atomic mass is 32.2. The van der Waals surface area contributed by atoms with Crippen molar-refractivity contribution in [2.75, 3.05) is 25.6 Å². The molecule has 0 aliphatic carbocycles. The molecule has 7 nitrogen and oxygen atoms in total. The molecular formula is C17H22FN3O4S. The first-order chi connectivity index (χ1) is 12.5. The highest BCUT2D eigenvalue weighted by molar-refractivity contribution is 7.89. The van der Waals surface area contributed by atoms with E-state index < -0.39 is 15.8 Å². The van der Waals surface area contributed by atoms with Crippen LogP contribution in [0.5, 0.6) is 5.75 Å². The highest BCUT2D eigenvalue weighted by Gasteiger charge is 2.29. The number of halogens is 1. The van der Waals surface area contributed by atoms with Crippen LogP contribution in [0.3, 0.4) is 0 Å². The Morgan fingerprint density at radius 3 is 3.00 bits per heavy atom. The maximum absolute atomic E-state index is 14.3. The Hall–Kier alpha value is -1.97. The first-order valence-electron chi connectivity index (χ1n) is 8.48. The fourth-order valence-corrected chi connectivity index (χ4v) is 3.74. The van der Waals surface area contributed by atoms with Crippen molar-refractivity contribution in [2.45, 2.75) is 19.4 Å². The van der Waals surface area contributed by atoms with Gasteiger partial charge in [0, 0.05) is 37.0 Å². The van der Waals surface area contributed by atoms with Gasteiger partial charge < -0.3 is 9.47 Å². The van der Waals surface area contributed by atoms with Crippen LogP contribution in [0.4, 0.5) is 4.39 Å². The van der Waals surface area contributed by atoms with Crippen LogP contribution >= 0.6 is 0 Å². The van der Waals surface area contributed by atoms with Crippen molar-refractivity contribution in [1.82, 2.24) is 14.5 Å². The summed E-state index contributed by atoms with van der Waals surface area (Å²) in [6, 6.07) is 6.07. The summed E-state index contributed by atoms with van der Waals surface area (Å²) in [7, 11) is -3.32. The van der Waals surface area contributed by atoms with Crippen LogP contribution in [0.2, 0.25) is 0 Å². The smallest absolute Gasteiger partial charge is 0.211 e. The van der Waals surface area contributed by atoms with Crippen LogP contribution < -0.4 is 9.46 Å². The lowest BCUT2D eigenvalue weighted by Gasteiger charge is -2.31. The minimum Gasteiger partial charge on any atom is -0.490 e. The molecule has 1 aromatic heterocycles. The zero-order valence-corrected chi connectivity index (χ0v) is 15.3. The topological polar surface area (TPSA) is 82.5 Å². The lowest BCUT2D eigenvalue weighted by Crippen LogP contribution is -2.48. The molecule has 26 heavy (non-hydrogen) atoms. The summed E-state index contributed by atoms with van der Waals surface area (Å²) in [5.74, 6) is -0.555. The van der Waals surface area contributed by atoms with Crippen molar-refractivity contribution in [3.8, 4) is 11.4 Å². The van der Waals surface area contributed by atoms with Gasteiger partial charge in [-0.3, -0.25) is 0 Å². The molecule has 0 saturated carbocycles. The van der Waals surface area contributed by atoms with Gasteiger partial charge in [-0.25, -0.2) is 22.2 Å². The minimum atomic E-state index is -3.32. The number of nitrogens with zero attached hydrogens (tertiary/aromatic N) is 2. The Morgan fingerprint density at radius 2 is 2.31 bits per heavy atom. The minimum absolute atomic E-state index is 0.0153. The molecule has 1 fully saturated rings. The van der Waals surface area contributed by atoms with Crippen molar-refractivity contribution in [1.29, 1.82) is 0 Å². The van der Waals surface area contributed by atoms with E-state index in [1.165, 1.54) is 6.07 Å². The lowest BCUT2D eigenvalue weighted by molar-refractivity contribution is 0.0180. The van der Waals surface area contributed by atoms with E-state index in [1.807, 2.05) is 0 Å². The average molecular weight is 383 g/mol. The monoisotopic (exact) mass is 383 g/mol. The van der Waals surface area contributed by atoms with Crippen molar-refractivity contribution in [3.05, 3.63) is 42.5 Å². The van der Waals surface area contributed by atoms with Crippen LogP contribution in [0.15, 0.2) is 36.7 Å². The number of rotatable bonds is 7. The third kappa shape index (κ3) is 4.60. The standard InChI is InChI=1S/C17H22FN3O4S/c1-2-26(22,23)20-16-6-9-24-11-13(16)12-25-17-5-4-14(10-15(17)18)21-8-3-7-19-21/h3-5,7-8,10,13,16,20H,2,6,9,11-12H2,1H3/t13-,16+/m1/s1. The summed E-state index contributed by atoms with van der Waals surface area (Å²) in [6.45, 7) is 2.60. The largest absolute Gasteiger partial charge is 0.490 e. The molecule has 1 N–H and O–H groups in total. The Balaban J connectivity index is 1.65. The summed E-state index contributed by atoms with van der Waals surface area (Å²) >= 11 is 0. The Kier molecular flexibility index (Phi) is 5.90. The fourth-order valence-electron chi connectivity index (χ4n) is 2.80. The summed E-state index contributed by atoms with van der Waals surface area (Å²) < 4.78 is 53.2. The van der Waals surface area contributed by atoms with E-state index in [4.69, 9.17) is 9.47 Å². The molecule has 2 aromatic rings. The second-order valence-corrected chi connectivity index (χ2v) is 8.17. The van der Waals surface area contributed by atoms with E-state index in [1.54, 1.807) is 42.2 Å². The molecule has 2 atom stereocenters. The van der Waals surface area contributed by atoms with Crippen LogP contribution in [0.25, 0.3) is 5.69 Å². The maximum atomic E-state index is 14.3. The van der Waals surface area contributed by atoms with Gasteiger partial charge in [0.05, 0.1) is 24.7 Å². The van der Waals surface area contributed by atoms with Crippen molar-refractivity contribution < 1.29 is 22.3 Å². The normalized spacial score (nSPS) is 20.8. The van der Waals surface area contributed by atoms with E-state index in [0.717, 1.165) is 0 Å². The second-order valence-electron chi connectivity index (χ2n) is 6.13. The zero-order chi connectivity index (χ0) is 18.6. The number of aromatic nitrogens is 2. The molecule has 0 spiro atoms. The van der Waals surface area contributed by atoms with Gasteiger partial charge in [0.2, 0.25) is 10.0 Å². The third-order valence-corrected chi connectivity index (χ3v) is 5.74. The summed E-state index contributed by atoms with van der Waals surface area (Å²) in [5, 5.41) is 4.06. The van der Waals surface area contributed by atoms with Gasteiger partial charge in [-0.15, -0.1) is 0 Å². The molecule has 1 aromatic carbocycles. The van der Waals surface area contributed by atoms with Crippen molar-refractivity contribution >= 4 is 10.0 Å². The number of ether oxygens (including phenoxy) is 2. The van der Waals surface area contributed by atoms with E-state index >= 15 is 0 Å². The maximum Gasteiger partial charge on any atom is 0.211 e. The van der Waals surface area contributed by atoms with E-state index in [2.05, 4.69) is 9.82 Å². The quantitative estimate of drug-likeness (QED) is 0.787. The Labute approximate surface area is 152 Å². The van der Waals surface area contributed by atoms with Gasteiger partial charge in [-0.1, -0.05) is 0 Å². The molecule has 3 rings (SSSR count). The summed E-state index contributed by atoms with van der Waals surface area (Å²) in [5.41, 5.74) is 0.592. The van der Waals surface area contributed by atoms with Crippen molar-refractivity contribution in [3.63, 3.8) is 0 Å². The predicted molar refractivity (Wildman–Crippen MR) is 94.3 cm³/mol. The lowest BCUT2D eigenvalue weighted by atomic mass is 9.98. The van der Waals surface area contributed by atoms with Gasteiger partial charge in [-0.2, -0.15) is 5.10 Å². The van der Waals surface area contributed by atoms with E-state index in [0.29, 0.717) is 25.3 Å². The molecule has 1 aliphatic heterocycles. The summed E-state index contributed by atoms with van der Waals surface area (Å²) in [4.78, 5) is 0. The molecule has 1 aliphatic rings. The molecule has 9 heteroatoms. The first-order valence-corrected chi connectivity index (χ1v) is 10.1. The van der Waals surface area contributed by atoms with Crippen LogP contribution in [0.1, 0.15) is 13.3 Å². The molecular weight excluding hydrogens is 361 g/mol. The zero-order valence-electron chi connectivity index (χ0n) is 14.5. The molecule has 0 radical (unpaired) electrons. The third-order valence-electron chi connectivity index (χ3n) is 4.32. The molecule has 0 amide bonds. The first kappa shape index (κ1) is 18.8. The van der Waals surface area contributed by atoms with Crippen LogP contribution in [0, 0.1) is 11.7 Å². The van der Waals surface area contributed by atoms with Gasteiger partial charge in [0.1, 0.15) is 0 Å². The SMILES string of the molecule is CCS(=O)(=O)N[C@H]1CCOC[C@@H]1COc1ccc(-n2cccn2)cc1F. The van der Waals surface area contributed by atoms with E-state index in [9.17, 15) is 12.8 Å². The predicted octanol–water partition coefficient (Wildman–Crippen LogP) is 1.73. The number of benzene rings is 1. The van der Waals surface area contributed by atoms with Gasteiger partial charge in [-0.05, 0) is 31.5 Å². The highest BCUT2D eigenvalue weighted by Crippen LogP contribution is 2.23. The molecule has 1 saturated heterocycles. The number of nitrogens with one attached hydrogen (secondary N) is 1. The van der Waals surface area contributed by atoms with Gasteiger partial charge >= 0.3 is 0 Å². The average Bonchev–Trinajstić information content (AvgIpc) is 3.16. The van der Waals surface area contributed by atoms with Crippen LogP contribution in [-0.2, 0) is 14.8 Å². The Morgan fingerprint density at radius 1 is 1.46 bits per heavy atom. The van der Waals surface area contributed by atoms with Gasteiger partial charge in [0.15, 0.2) is 11.6 Å². The summed E-state index contributed by atoms with van der Waals surface area (Å²) in [6.07, 6.45) is 3.90. The number of sulfonamides is 1. The van der Waals surface area contributed by atoms with E-state index in [-0.39, 0.29) is 30.1 Å². The molecule has 0 bridgehead atoms. The molecule has 0 unspecified atom stereocenters.